The number of carbonyl (C=O) groups is 5. The van der Waals surface area contributed by atoms with E-state index >= 15 is 0 Å². The number of esters is 1. The topological polar surface area (TPSA) is 164 Å². The van der Waals surface area contributed by atoms with Gasteiger partial charge in [0.25, 0.3) is 5.91 Å². The largest absolute Gasteiger partial charge is 0.458 e. The van der Waals surface area contributed by atoms with Gasteiger partial charge in [0.2, 0.25) is 5.91 Å². The number of alkyl carbamates (subject to hydrolysis) is 2. The molecule has 13 heteroatoms. The van der Waals surface area contributed by atoms with E-state index in [9.17, 15) is 24.0 Å². The number of methoxy groups -OCH3 is 2. The van der Waals surface area contributed by atoms with E-state index in [2.05, 4.69) is 21.4 Å². The second kappa shape index (κ2) is 20.0. The molecule has 1 aliphatic rings. The molecule has 0 radical (unpaired) electrons. The molecule has 1 aromatic rings. The van der Waals surface area contributed by atoms with Gasteiger partial charge in [-0.3, -0.25) is 19.8 Å². The minimum Gasteiger partial charge on any atom is -0.458 e. The van der Waals surface area contributed by atoms with Crippen LogP contribution in [0.25, 0.3) is 0 Å². The van der Waals surface area contributed by atoms with Crippen molar-refractivity contribution in [2.24, 2.45) is 23.2 Å². The molecule has 2 rings (SSSR count). The third-order valence-corrected chi connectivity index (χ3v) is 8.63. The Hall–Kier alpha value is -3.87. The fraction of sp³-hybridized carbons (Fsp3) is 0.694. The van der Waals surface area contributed by atoms with Crippen LogP contribution in [0.1, 0.15) is 86.1 Å². The smallest absolute Gasteiger partial charge is 0.407 e. The standard InChI is InChI=1S/C36H59N5O8/c1-23(2)29(38-34(45)47-8)31(42)37-27(20-25-16-12-10-13-17-25)28(49-33(44)36(5,6)7)22-41(21-26-18-14-11-15-19-26)40-32(43)30(24(3)4)39-35(46)48-9/h10,12-13,16-17,23-24,26-30H,11,14-15,18-22H2,1-9H3,(H,37,42)(H,38,45)(H,39,46)(H,40,43)/t27?,28?,29-,30-/m0/s1. The van der Waals surface area contributed by atoms with Crippen LogP contribution >= 0.6 is 0 Å². The second-order valence-corrected chi connectivity index (χ2v) is 14.6. The van der Waals surface area contributed by atoms with Crippen LogP contribution in [0.4, 0.5) is 9.59 Å². The molecule has 1 saturated carbocycles. The lowest BCUT2D eigenvalue weighted by Crippen LogP contribution is -2.60. The molecule has 0 heterocycles. The summed E-state index contributed by atoms with van der Waals surface area (Å²) in [5, 5.41) is 10.1. The van der Waals surface area contributed by atoms with Crippen molar-refractivity contribution in [3.63, 3.8) is 0 Å². The van der Waals surface area contributed by atoms with Crippen LogP contribution in [0.15, 0.2) is 30.3 Å². The summed E-state index contributed by atoms with van der Waals surface area (Å²) in [5.74, 6) is -1.66. The highest BCUT2D eigenvalue weighted by molar-refractivity contribution is 5.86. The maximum absolute atomic E-state index is 13.8. The Morgan fingerprint density at radius 1 is 0.796 bits per heavy atom. The summed E-state index contributed by atoms with van der Waals surface area (Å²) >= 11 is 0. The zero-order valence-corrected chi connectivity index (χ0v) is 30.8. The zero-order chi connectivity index (χ0) is 36.7. The summed E-state index contributed by atoms with van der Waals surface area (Å²) < 4.78 is 15.8. The first-order valence-corrected chi connectivity index (χ1v) is 17.3. The molecule has 1 aliphatic carbocycles. The van der Waals surface area contributed by atoms with Gasteiger partial charge in [-0.05, 0) is 63.4 Å². The molecule has 1 fully saturated rings. The van der Waals surface area contributed by atoms with Gasteiger partial charge in [-0.2, -0.15) is 0 Å². The molecule has 0 spiro atoms. The van der Waals surface area contributed by atoms with Crippen molar-refractivity contribution < 1.29 is 38.2 Å². The van der Waals surface area contributed by atoms with Crippen molar-refractivity contribution in [3.05, 3.63) is 35.9 Å². The van der Waals surface area contributed by atoms with E-state index in [1.165, 1.54) is 14.2 Å². The third kappa shape index (κ3) is 14.3. The number of hydrogen-bond acceptors (Lipinski definition) is 9. The second-order valence-electron chi connectivity index (χ2n) is 14.6. The minimum atomic E-state index is -0.934. The highest BCUT2D eigenvalue weighted by Gasteiger charge is 2.37. The van der Waals surface area contributed by atoms with Crippen LogP contribution in [-0.2, 0) is 35.0 Å². The van der Waals surface area contributed by atoms with E-state index in [0.717, 1.165) is 37.7 Å². The molecule has 0 aromatic heterocycles. The van der Waals surface area contributed by atoms with Crippen molar-refractivity contribution in [2.45, 2.75) is 111 Å². The van der Waals surface area contributed by atoms with Crippen LogP contribution in [0, 0.1) is 23.2 Å². The van der Waals surface area contributed by atoms with E-state index in [4.69, 9.17) is 14.2 Å². The van der Waals surface area contributed by atoms with Crippen molar-refractivity contribution in [2.75, 3.05) is 27.3 Å². The number of amides is 4. The van der Waals surface area contributed by atoms with Gasteiger partial charge in [-0.15, -0.1) is 0 Å². The van der Waals surface area contributed by atoms with Gasteiger partial charge in [-0.25, -0.2) is 14.6 Å². The Morgan fingerprint density at radius 2 is 1.33 bits per heavy atom. The average Bonchev–Trinajstić information content (AvgIpc) is 3.05. The highest BCUT2D eigenvalue weighted by Crippen LogP contribution is 2.25. The van der Waals surface area contributed by atoms with Gasteiger partial charge >= 0.3 is 18.2 Å². The summed E-state index contributed by atoms with van der Waals surface area (Å²) in [5.41, 5.74) is 3.03. The Morgan fingerprint density at radius 3 is 1.82 bits per heavy atom. The molecule has 4 amide bonds. The number of nitrogens with one attached hydrogen (secondary N) is 4. The van der Waals surface area contributed by atoms with Crippen molar-refractivity contribution in [1.29, 1.82) is 0 Å². The minimum absolute atomic E-state index is 0.0433. The zero-order valence-electron chi connectivity index (χ0n) is 30.8. The molecule has 13 nitrogen and oxygen atoms in total. The van der Waals surface area contributed by atoms with Gasteiger partial charge in [0, 0.05) is 6.54 Å². The molecular weight excluding hydrogens is 630 g/mol. The summed E-state index contributed by atoms with van der Waals surface area (Å²) in [6.07, 6.45) is 3.14. The predicted molar refractivity (Wildman–Crippen MR) is 186 cm³/mol. The molecule has 4 atom stereocenters. The van der Waals surface area contributed by atoms with E-state index in [1.807, 2.05) is 44.2 Å². The van der Waals surface area contributed by atoms with Gasteiger partial charge in [0.15, 0.2) is 0 Å². The quantitative estimate of drug-likeness (QED) is 0.112. The molecular formula is C36H59N5O8. The molecule has 0 bridgehead atoms. The van der Waals surface area contributed by atoms with Crippen molar-refractivity contribution >= 4 is 30.0 Å². The van der Waals surface area contributed by atoms with Crippen LogP contribution in [0.5, 0.6) is 0 Å². The Kier molecular flexibility index (Phi) is 16.8. The lowest BCUT2D eigenvalue weighted by molar-refractivity contribution is -0.163. The van der Waals surface area contributed by atoms with Crippen LogP contribution < -0.4 is 21.4 Å². The van der Waals surface area contributed by atoms with Gasteiger partial charge in [-0.1, -0.05) is 77.3 Å². The maximum Gasteiger partial charge on any atom is 0.407 e. The summed E-state index contributed by atoms with van der Waals surface area (Å²) in [6.45, 7) is 13.0. The Bertz CT molecular complexity index is 1210. The first-order chi connectivity index (χ1) is 23.0. The summed E-state index contributed by atoms with van der Waals surface area (Å²) in [7, 11) is 2.46. The monoisotopic (exact) mass is 689 g/mol. The van der Waals surface area contributed by atoms with E-state index in [1.54, 1.807) is 39.6 Å². The number of rotatable bonds is 16. The van der Waals surface area contributed by atoms with Gasteiger partial charge < -0.3 is 30.2 Å². The van der Waals surface area contributed by atoms with E-state index < -0.39 is 59.6 Å². The highest BCUT2D eigenvalue weighted by atomic mass is 16.6. The molecule has 0 saturated heterocycles. The van der Waals surface area contributed by atoms with E-state index in [0.29, 0.717) is 13.0 Å². The first kappa shape index (κ1) is 41.3. The predicted octanol–water partition coefficient (Wildman–Crippen LogP) is 4.35. The van der Waals surface area contributed by atoms with Gasteiger partial charge in [0.05, 0.1) is 32.2 Å². The molecule has 2 unspecified atom stereocenters. The normalized spacial score (nSPS) is 16.2. The molecule has 0 aliphatic heterocycles. The summed E-state index contributed by atoms with van der Waals surface area (Å²) in [6, 6.07) is 6.90. The maximum atomic E-state index is 13.8. The number of benzene rings is 1. The number of hydrazine groups is 1. The van der Waals surface area contributed by atoms with Crippen molar-refractivity contribution in [1.82, 2.24) is 26.4 Å². The number of hydrogen-bond donors (Lipinski definition) is 4. The third-order valence-electron chi connectivity index (χ3n) is 8.63. The van der Waals surface area contributed by atoms with Gasteiger partial charge in [0.1, 0.15) is 18.2 Å². The van der Waals surface area contributed by atoms with Crippen molar-refractivity contribution in [3.8, 4) is 0 Å². The van der Waals surface area contributed by atoms with E-state index in [-0.39, 0.29) is 24.3 Å². The SMILES string of the molecule is COC(=O)N[C@H](C(=O)NC(Cc1ccccc1)C(CN(CC1CCCCC1)NC(=O)[C@@H](NC(=O)OC)C(C)C)OC(=O)C(C)(C)C)C(C)C. The first-order valence-electron chi connectivity index (χ1n) is 17.3. The lowest BCUT2D eigenvalue weighted by atomic mass is 9.89. The average molecular weight is 690 g/mol. The fourth-order valence-corrected chi connectivity index (χ4v) is 5.71. The Labute approximate surface area is 291 Å². The molecule has 4 N–H and O–H groups in total. The lowest BCUT2D eigenvalue weighted by Gasteiger charge is -2.37. The molecule has 49 heavy (non-hydrogen) atoms. The fourth-order valence-electron chi connectivity index (χ4n) is 5.71. The number of carbonyl (C=O) groups excluding carboxylic acids is 5. The van der Waals surface area contributed by atoms with Crippen LogP contribution in [0.3, 0.4) is 0 Å². The van der Waals surface area contributed by atoms with Crippen LogP contribution in [0.2, 0.25) is 0 Å². The molecule has 276 valence electrons. The summed E-state index contributed by atoms with van der Waals surface area (Å²) in [4.78, 5) is 65.4. The van der Waals surface area contributed by atoms with Crippen LogP contribution in [-0.4, -0.2) is 86.5 Å². The number of ether oxygens (including phenoxy) is 3. The molecule has 1 aromatic carbocycles. The Balaban J connectivity index is 2.57. The number of nitrogens with zero attached hydrogens (tertiary/aromatic N) is 1.